The first-order valence-electron chi connectivity index (χ1n) is 11.8. The summed E-state index contributed by atoms with van der Waals surface area (Å²) >= 11 is 0. The fraction of sp³-hybridized carbons (Fsp3) is 0.296. The van der Waals surface area contributed by atoms with Gasteiger partial charge in [0.15, 0.2) is 0 Å². The highest BCUT2D eigenvalue weighted by Gasteiger charge is 2.26. The maximum Gasteiger partial charge on any atom is 0.255 e. The van der Waals surface area contributed by atoms with E-state index in [9.17, 15) is 13.2 Å². The quantitative estimate of drug-likeness (QED) is 0.374. The average Bonchev–Trinajstić information content (AvgIpc) is 3.37. The summed E-state index contributed by atoms with van der Waals surface area (Å²) < 4.78 is 34.0. The Labute approximate surface area is 207 Å². The summed E-state index contributed by atoms with van der Waals surface area (Å²) in [5, 5.41) is 6.27. The van der Waals surface area contributed by atoms with Crippen molar-refractivity contribution in [1.82, 2.24) is 4.72 Å². The van der Waals surface area contributed by atoms with Crippen LogP contribution in [0.25, 0.3) is 0 Å². The number of benzene rings is 3. The number of sulfonamides is 1. The van der Waals surface area contributed by atoms with Crippen LogP contribution in [0.15, 0.2) is 77.7 Å². The molecule has 0 aliphatic heterocycles. The molecular weight excluding hydrogens is 462 g/mol. The highest BCUT2D eigenvalue weighted by Crippen LogP contribution is 2.28. The summed E-state index contributed by atoms with van der Waals surface area (Å²) in [5.41, 5.74) is 2.95. The summed E-state index contributed by atoms with van der Waals surface area (Å²) in [6, 6.07) is 22.0. The zero-order valence-corrected chi connectivity index (χ0v) is 20.8. The van der Waals surface area contributed by atoms with E-state index >= 15 is 0 Å². The van der Waals surface area contributed by atoms with E-state index in [0.29, 0.717) is 5.69 Å². The lowest BCUT2D eigenvalue weighted by Gasteiger charge is -2.16. The van der Waals surface area contributed by atoms with E-state index in [4.69, 9.17) is 4.74 Å². The van der Waals surface area contributed by atoms with Crippen LogP contribution < -0.4 is 20.1 Å². The standard InChI is InChI=1S/C27H31N3O4S/c1-19(20-8-4-3-5-9-20)28-22-13-15-23(16-14-22)29-27(31)21-12-17-25(34-2)26(18-21)35(32,33)30-24-10-6-7-11-24/h3-5,8-9,12-19,24,28,30H,6-7,10-11H2,1-2H3,(H,29,31). The Kier molecular flexibility index (Phi) is 7.73. The lowest BCUT2D eigenvalue weighted by molar-refractivity contribution is 0.102. The number of rotatable bonds is 9. The van der Waals surface area contributed by atoms with Crippen molar-refractivity contribution in [2.75, 3.05) is 17.7 Å². The molecule has 0 radical (unpaired) electrons. The molecule has 7 nitrogen and oxygen atoms in total. The Balaban J connectivity index is 1.45. The topological polar surface area (TPSA) is 96.5 Å². The van der Waals surface area contributed by atoms with Crippen molar-refractivity contribution in [1.29, 1.82) is 0 Å². The molecule has 0 bridgehead atoms. The second kappa shape index (κ2) is 10.9. The number of nitrogens with one attached hydrogen (secondary N) is 3. The number of hydrogen-bond acceptors (Lipinski definition) is 5. The van der Waals surface area contributed by atoms with Crippen LogP contribution in [-0.2, 0) is 10.0 Å². The number of amides is 1. The number of carbonyl (C=O) groups excluding carboxylic acids is 1. The monoisotopic (exact) mass is 493 g/mol. The van der Waals surface area contributed by atoms with E-state index in [0.717, 1.165) is 31.4 Å². The lowest BCUT2D eigenvalue weighted by Crippen LogP contribution is -2.33. The largest absolute Gasteiger partial charge is 0.495 e. The van der Waals surface area contributed by atoms with E-state index in [-0.39, 0.29) is 28.3 Å². The first kappa shape index (κ1) is 24.8. The highest BCUT2D eigenvalue weighted by molar-refractivity contribution is 7.89. The van der Waals surface area contributed by atoms with Crippen LogP contribution in [-0.4, -0.2) is 27.5 Å². The fourth-order valence-corrected chi connectivity index (χ4v) is 5.78. The molecule has 0 saturated heterocycles. The van der Waals surface area contributed by atoms with Gasteiger partial charge in [0.05, 0.1) is 7.11 Å². The van der Waals surface area contributed by atoms with Crippen molar-refractivity contribution in [3.05, 3.63) is 83.9 Å². The molecule has 1 aliphatic carbocycles. The maximum absolute atomic E-state index is 13.0. The van der Waals surface area contributed by atoms with Crippen molar-refractivity contribution < 1.29 is 17.9 Å². The van der Waals surface area contributed by atoms with Gasteiger partial charge in [-0.2, -0.15) is 0 Å². The third-order valence-electron chi connectivity index (χ3n) is 6.22. The summed E-state index contributed by atoms with van der Waals surface area (Å²) in [6.07, 6.45) is 3.64. The van der Waals surface area contributed by atoms with Gasteiger partial charge in [0.25, 0.3) is 5.91 Å². The number of ether oxygens (including phenoxy) is 1. The molecule has 3 aromatic carbocycles. The third kappa shape index (κ3) is 6.21. The Morgan fingerprint density at radius 3 is 2.26 bits per heavy atom. The number of anilines is 2. The molecule has 0 spiro atoms. The first-order valence-corrected chi connectivity index (χ1v) is 13.3. The predicted molar refractivity (Wildman–Crippen MR) is 138 cm³/mol. The molecule has 0 aromatic heterocycles. The molecule has 1 aliphatic rings. The SMILES string of the molecule is COc1ccc(C(=O)Nc2ccc(NC(C)c3ccccc3)cc2)cc1S(=O)(=O)NC1CCCC1. The smallest absolute Gasteiger partial charge is 0.255 e. The lowest BCUT2D eigenvalue weighted by atomic mass is 10.1. The van der Waals surface area contributed by atoms with E-state index in [1.807, 2.05) is 30.3 Å². The second-order valence-electron chi connectivity index (χ2n) is 8.78. The minimum Gasteiger partial charge on any atom is -0.495 e. The third-order valence-corrected chi connectivity index (χ3v) is 7.76. The van der Waals surface area contributed by atoms with Crippen LogP contribution in [0.2, 0.25) is 0 Å². The van der Waals surface area contributed by atoms with Crippen LogP contribution in [0, 0.1) is 0 Å². The molecular formula is C27H31N3O4S. The van der Waals surface area contributed by atoms with E-state index < -0.39 is 15.9 Å². The maximum atomic E-state index is 13.0. The normalized spacial score (nSPS) is 14.9. The Bertz CT molecular complexity index is 1260. The minimum atomic E-state index is -3.82. The highest BCUT2D eigenvalue weighted by atomic mass is 32.2. The number of methoxy groups -OCH3 is 1. The molecule has 35 heavy (non-hydrogen) atoms. The number of hydrogen-bond donors (Lipinski definition) is 3. The molecule has 8 heteroatoms. The summed E-state index contributed by atoms with van der Waals surface area (Å²) in [6.45, 7) is 2.09. The molecule has 1 saturated carbocycles. The Morgan fingerprint density at radius 2 is 1.60 bits per heavy atom. The molecule has 3 aromatic rings. The minimum absolute atomic E-state index is 0.0333. The number of carbonyl (C=O) groups is 1. The van der Waals surface area contributed by atoms with Gasteiger partial charge < -0.3 is 15.4 Å². The molecule has 1 unspecified atom stereocenters. The van der Waals surface area contributed by atoms with Gasteiger partial charge in [0.1, 0.15) is 10.6 Å². The van der Waals surface area contributed by atoms with Crippen LogP contribution in [0.5, 0.6) is 5.75 Å². The zero-order valence-electron chi connectivity index (χ0n) is 20.0. The molecule has 1 fully saturated rings. The second-order valence-corrected chi connectivity index (χ2v) is 10.5. The van der Waals surface area contributed by atoms with Crippen LogP contribution >= 0.6 is 0 Å². The summed E-state index contributed by atoms with van der Waals surface area (Å²) in [7, 11) is -2.40. The van der Waals surface area contributed by atoms with Gasteiger partial charge in [-0.1, -0.05) is 43.2 Å². The molecule has 184 valence electrons. The van der Waals surface area contributed by atoms with Gasteiger partial charge in [-0.3, -0.25) is 4.79 Å². The van der Waals surface area contributed by atoms with Gasteiger partial charge in [-0.25, -0.2) is 13.1 Å². The zero-order chi connectivity index (χ0) is 24.8. The van der Waals surface area contributed by atoms with Crippen molar-refractivity contribution >= 4 is 27.3 Å². The molecule has 4 rings (SSSR count). The molecule has 0 heterocycles. The van der Waals surface area contributed by atoms with Gasteiger partial charge in [-0.15, -0.1) is 0 Å². The molecule has 1 amide bonds. The van der Waals surface area contributed by atoms with Crippen LogP contribution in [0.3, 0.4) is 0 Å². The Hall–Kier alpha value is -3.36. The average molecular weight is 494 g/mol. The molecule has 3 N–H and O–H groups in total. The fourth-order valence-electron chi connectivity index (χ4n) is 4.28. The Morgan fingerprint density at radius 1 is 0.943 bits per heavy atom. The van der Waals surface area contributed by atoms with Gasteiger partial charge in [0, 0.05) is 29.0 Å². The predicted octanol–water partition coefficient (Wildman–Crippen LogP) is 5.34. The van der Waals surface area contributed by atoms with Crippen LogP contribution in [0.1, 0.15) is 54.6 Å². The molecule has 1 atom stereocenters. The van der Waals surface area contributed by atoms with Gasteiger partial charge >= 0.3 is 0 Å². The first-order chi connectivity index (χ1) is 16.9. The van der Waals surface area contributed by atoms with Gasteiger partial charge in [0.2, 0.25) is 10.0 Å². The van der Waals surface area contributed by atoms with Crippen molar-refractivity contribution in [3.8, 4) is 5.75 Å². The van der Waals surface area contributed by atoms with Gasteiger partial charge in [-0.05, 0) is 67.8 Å². The van der Waals surface area contributed by atoms with Crippen molar-refractivity contribution in [3.63, 3.8) is 0 Å². The summed E-state index contributed by atoms with van der Waals surface area (Å²) in [5.74, 6) is -0.196. The van der Waals surface area contributed by atoms with Crippen molar-refractivity contribution in [2.24, 2.45) is 0 Å². The van der Waals surface area contributed by atoms with E-state index in [2.05, 4.69) is 34.4 Å². The van der Waals surface area contributed by atoms with Crippen LogP contribution in [0.4, 0.5) is 11.4 Å². The van der Waals surface area contributed by atoms with E-state index in [1.165, 1.54) is 24.8 Å². The summed E-state index contributed by atoms with van der Waals surface area (Å²) in [4.78, 5) is 12.9. The van der Waals surface area contributed by atoms with Crippen molar-refractivity contribution in [2.45, 2.75) is 49.6 Å². The van der Waals surface area contributed by atoms with E-state index in [1.54, 1.807) is 18.2 Å².